The molecule has 0 radical (unpaired) electrons. The van der Waals surface area contributed by atoms with Crippen LogP contribution in [0, 0.1) is 0 Å². The molecule has 0 aliphatic carbocycles. The third-order valence-electron chi connectivity index (χ3n) is 3.29. The summed E-state index contributed by atoms with van der Waals surface area (Å²) in [5, 5.41) is 3.71. The van der Waals surface area contributed by atoms with Crippen molar-refractivity contribution in [1.82, 2.24) is 10.2 Å². The third kappa shape index (κ3) is 6.18. The second-order valence-electron chi connectivity index (χ2n) is 4.97. The van der Waals surface area contributed by atoms with Gasteiger partial charge >= 0.3 is 6.18 Å². The van der Waals surface area contributed by atoms with Crippen LogP contribution in [0.3, 0.4) is 0 Å². The Bertz CT molecular complexity index is 529. The molecule has 1 unspecified atom stereocenters. The number of hydrogen-bond donors (Lipinski definition) is 1. The molecule has 4 nitrogen and oxygen atoms in total. The summed E-state index contributed by atoms with van der Waals surface area (Å²) < 4.78 is 40.6. The molecule has 9 heteroatoms. The van der Waals surface area contributed by atoms with E-state index in [1.807, 2.05) is 6.07 Å². The molecule has 1 aliphatic rings. The first-order valence-corrected chi connectivity index (χ1v) is 7.15. The van der Waals surface area contributed by atoms with Crippen LogP contribution < -0.4 is 5.32 Å². The highest BCUT2D eigenvalue weighted by molar-refractivity contribution is 6.30. The summed E-state index contributed by atoms with van der Waals surface area (Å²) in [5.41, 5.74) is 0.837. The molecule has 1 aliphatic heterocycles. The maximum Gasteiger partial charge on any atom is 0.411 e. The molecule has 130 valence electrons. The number of carbonyl (C=O) groups excluding carboxylic acids is 1. The van der Waals surface area contributed by atoms with Gasteiger partial charge in [-0.3, -0.25) is 4.79 Å². The molecule has 23 heavy (non-hydrogen) atoms. The smallest absolute Gasteiger partial charge is 0.362 e. The van der Waals surface area contributed by atoms with E-state index < -0.39 is 25.3 Å². The Morgan fingerprint density at radius 3 is 2.83 bits per heavy atom. The van der Waals surface area contributed by atoms with Crippen molar-refractivity contribution in [3.8, 4) is 0 Å². The molecule has 1 amide bonds. The minimum Gasteiger partial charge on any atom is -0.362 e. The predicted molar refractivity (Wildman–Crippen MR) is 82.9 cm³/mol. The lowest BCUT2D eigenvalue weighted by molar-refractivity contribution is -0.178. The normalized spacial score (nSPS) is 18.4. The van der Waals surface area contributed by atoms with E-state index in [2.05, 4.69) is 10.1 Å². The van der Waals surface area contributed by atoms with Crippen molar-refractivity contribution in [2.24, 2.45) is 0 Å². The number of amides is 1. The van der Waals surface area contributed by atoms with Crippen molar-refractivity contribution in [1.29, 1.82) is 0 Å². The van der Waals surface area contributed by atoms with E-state index in [1.165, 1.54) is 4.90 Å². The first kappa shape index (κ1) is 20.0. The van der Waals surface area contributed by atoms with Gasteiger partial charge in [-0.2, -0.15) is 13.2 Å². The van der Waals surface area contributed by atoms with Gasteiger partial charge in [0.15, 0.2) is 0 Å². The van der Waals surface area contributed by atoms with Crippen molar-refractivity contribution >= 4 is 29.9 Å². The van der Waals surface area contributed by atoms with Crippen LogP contribution in [0.4, 0.5) is 13.2 Å². The molecular formula is C14H17Cl2F3N2O2. The van der Waals surface area contributed by atoms with Crippen LogP contribution in [-0.4, -0.2) is 49.8 Å². The van der Waals surface area contributed by atoms with Crippen LogP contribution >= 0.6 is 24.0 Å². The molecule has 1 aromatic rings. The number of benzene rings is 1. The Morgan fingerprint density at radius 2 is 2.17 bits per heavy atom. The summed E-state index contributed by atoms with van der Waals surface area (Å²) in [4.78, 5) is 13.7. The first-order valence-electron chi connectivity index (χ1n) is 6.77. The highest BCUT2D eigenvalue weighted by Gasteiger charge is 2.31. The summed E-state index contributed by atoms with van der Waals surface area (Å²) in [5.74, 6) is -0.462. The maximum atomic E-state index is 12.1. The minimum atomic E-state index is -4.43. The van der Waals surface area contributed by atoms with Gasteiger partial charge in [-0.15, -0.1) is 12.4 Å². The van der Waals surface area contributed by atoms with Crippen LogP contribution in [0.1, 0.15) is 11.6 Å². The Morgan fingerprint density at radius 1 is 1.43 bits per heavy atom. The number of hydrogen-bond acceptors (Lipinski definition) is 3. The van der Waals surface area contributed by atoms with E-state index in [0.29, 0.717) is 24.7 Å². The number of nitrogens with one attached hydrogen (secondary N) is 1. The molecule has 1 N–H and O–H groups in total. The molecule has 1 heterocycles. The lowest BCUT2D eigenvalue weighted by atomic mass is 10.0. The number of alkyl halides is 3. The van der Waals surface area contributed by atoms with E-state index in [4.69, 9.17) is 11.6 Å². The van der Waals surface area contributed by atoms with Gasteiger partial charge in [0, 0.05) is 24.7 Å². The topological polar surface area (TPSA) is 41.6 Å². The summed E-state index contributed by atoms with van der Waals surface area (Å²) in [6.07, 6.45) is -4.43. The average molecular weight is 373 g/mol. The fourth-order valence-corrected chi connectivity index (χ4v) is 2.55. The SMILES string of the molecule is Cl.O=C(COCC(F)(F)F)N1CCNCC1c1cccc(Cl)c1. The second-order valence-corrected chi connectivity index (χ2v) is 5.41. The number of carbonyl (C=O) groups is 1. The van der Waals surface area contributed by atoms with Crippen LogP contribution in [0.5, 0.6) is 0 Å². The molecule has 1 saturated heterocycles. The molecule has 0 aromatic heterocycles. The van der Waals surface area contributed by atoms with Gasteiger partial charge in [0.25, 0.3) is 0 Å². The van der Waals surface area contributed by atoms with Crippen molar-refractivity contribution in [2.45, 2.75) is 12.2 Å². The average Bonchev–Trinajstić information content (AvgIpc) is 2.46. The molecule has 0 saturated carbocycles. The Labute approximate surface area is 143 Å². The van der Waals surface area contributed by atoms with Gasteiger partial charge in [0.2, 0.25) is 5.91 Å². The minimum absolute atomic E-state index is 0. The quantitative estimate of drug-likeness (QED) is 0.883. The second kappa shape index (κ2) is 8.73. The molecule has 1 aromatic carbocycles. The zero-order valence-electron chi connectivity index (χ0n) is 12.1. The number of nitrogens with zero attached hydrogens (tertiary/aromatic N) is 1. The van der Waals surface area contributed by atoms with Crippen molar-refractivity contribution in [2.75, 3.05) is 32.8 Å². The van der Waals surface area contributed by atoms with E-state index in [9.17, 15) is 18.0 Å². The largest absolute Gasteiger partial charge is 0.411 e. The van der Waals surface area contributed by atoms with Gasteiger partial charge in [-0.05, 0) is 17.7 Å². The van der Waals surface area contributed by atoms with Crippen LogP contribution in [0.15, 0.2) is 24.3 Å². The number of ether oxygens (including phenoxy) is 1. The Balaban J connectivity index is 0.00000264. The van der Waals surface area contributed by atoms with E-state index in [1.54, 1.807) is 18.2 Å². The maximum absolute atomic E-state index is 12.1. The fourth-order valence-electron chi connectivity index (χ4n) is 2.35. The zero-order valence-corrected chi connectivity index (χ0v) is 13.7. The highest BCUT2D eigenvalue weighted by atomic mass is 35.5. The van der Waals surface area contributed by atoms with Crippen molar-refractivity contribution in [3.63, 3.8) is 0 Å². The Kier molecular flexibility index (Phi) is 7.60. The van der Waals surface area contributed by atoms with Gasteiger partial charge in [-0.25, -0.2) is 0 Å². The first-order chi connectivity index (χ1) is 10.4. The predicted octanol–water partition coefficient (Wildman–Crippen LogP) is 2.81. The molecule has 0 spiro atoms. The monoisotopic (exact) mass is 372 g/mol. The lowest BCUT2D eigenvalue weighted by Crippen LogP contribution is -2.49. The van der Waals surface area contributed by atoms with Gasteiger partial charge in [-0.1, -0.05) is 23.7 Å². The van der Waals surface area contributed by atoms with Crippen LogP contribution in [-0.2, 0) is 9.53 Å². The van der Waals surface area contributed by atoms with Gasteiger partial charge in [0.05, 0.1) is 6.04 Å². The van der Waals surface area contributed by atoms with E-state index in [-0.39, 0.29) is 18.4 Å². The van der Waals surface area contributed by atoms with E-state index in [0.717, 1.165) is 5.56 Å². The summed E-state index contributed by atoms with van der Waals surface area (Å²) in [7, 11) is 0. The molecule has 2 rings (SSSR count). The molecule has 0 bridgehead atoms. The fraction of sp³-hybridized carbons (Fsp3) is 0.500. The Hall–Kier alpha value is -1.02. The summed E-state index contributed by atoms with van der Waals surface area (Å²) >= 11 is 5.95. The van der Waals surface area contributed by atoms with Crippen molar-refractivity contribution in [3.05, 3.63) is 34.9 Å². The standard InChI is InChI=1S/C14H16ClF3N2O2.ClH/c15-11-3-1-2-10(6-11)12-7-19-4-5-20(12)13(21)8-22-9-14(16,17)18;/h1-3,6,12,19H,4-5,7-9H2;1H. The number of piperazine rings is 1. The van der Waals surface area contributed by atoms with Gasteiger partial charge < -0.3 is 15.0 Å². The summed E-state index contributed by atoms with van der Waals surface area (Å²) in [6, 6.07) is 6.81. The third-order valence-corrected chi connectivity index (χ3v) is 3.52. The molecule has 1 fully saturated rings. The van der Waals surface area contributed by atoms with Crippen molar-refractivity contribution < 1.29 is 22.7 Å². The van der Waals surface area contributed by atoms with Gasteiger partial charge in [0.1, 0.15) is 13.2 Å². The van der Waals surface area contributed by atoms with Crippen LogP contribution in [0.25, 0.3) is 0 Å². The highest BCUT2D eigenvalue weighted by Crippen LogP contribution is 2.25. The van der Waals surface area contributed by atoms with E-state index >= 15 is 0 Å². The molecule has 1 atom stereocenters. The number of rotatable bonds is 4. The number of halogens is 5. The molecular weight excluding hydrogens is 356 g/mol. The summed E-state index contributed by atoms with van der Waals surface area (Å²) in [6.45, 7) is -0.498. The van der Waals surface area contributed by atoms with Crippen LogP contribution in [0.2, 0.25) is 5.02 Å². The zero-order chi connectivity index (χ0) is 16.2. The lowest BCUT2D eigenvalue weighted by Gasteiger charge is -2.36.